The highest BCUT2D eigenvalue weighted by atomic mass is 16.8. The van der Waals surface area contributed by atoms with Crippen molar-refractivity contribution in [2.75, 3.05) is 13.2 Å². The Balaban J connectivity index is 1.22. The number of epoxide rings is 1. The molecule has 0 radical (unpaired) electrons. The third kappa shape index (κ3) is 4.39. The zero-order valence-corrected chi connectivity index (χ0v) is 18.6. The first-order chi connectivity index (χ1) is 16.9. The largest absolute Gasteiger partial charge is 0.472 e. The predicted molar refractivity (Wildman–Crippen MR) is 116 cm³/mol. The first-order valence-corrected chi connectivity index (χ1v) is 11.4. The molecule has 11 heteroatoms. The Bertz CT molecular complexity index is 967. The number of ether oxygens (including phenoxy) is 5. The minimum Gasteiger partial charge on any atom is -0.472 e. The summed E-state index contributed by atoms with van der Waals surface area (Å²) in [6.45, 7) is -0.776. The van der Waals surface area contributed by atoms with Crippen molar-refractivity contribution in [3.8, 4) is 0 Å². The molecular formula is C24H28O11. The molecule has 5 rings (SSSR count). The van der Waals surface area contributed by atoms with Gasteiger partial charge in [0.25, 0.3) is 0 Å². The molecule has 0 spiro atoms. The number of fused-ring (bicyclic) bond motifs is 3. The maximum absolute atomic E-state index is 12.1. The van der Waals surface area contributed by atoms with Gasteiger partial charge < -0.3 is 49.2 Å². The fraction of sp³-hybridized carbons (Fsp3) is 0.542. The summed E-state index contributed by atoms with van der Waals surface area (Å²) in [5, 5.41) is 51.5. The molecule has 2 saturated heterocycles. The summed E-state index contributed by atoms with van der Waals surface area (Å²) in [6, 6.07) is 9.11. The fourth-order valence-electron chi connectivity index (χ4n) is 5.10. The van der Waals surface area contributed by atoms with Gasteiger partial charge in [0.15, 0.2) is 6.29 Å². The Labute approximate surface area is 200 Å². The third-order valence-corrected chi connectivity index (χ3v) is 7.05. The minimum atomic E-state index is -1.65. The normalized spacial score (nSPS) is 43.9. The molecule has 1 saturated carbocycles. The van der Waals surface area contributed by atoms with E-state index in [-0.39, 0.29) is 6.61 Å². The van der Waals surface area contributed by atoms with Gasteiger partial charge >= 0.3 is 5.97 Å². The van der Waals surface area contributed by atoms with Gasteiger partial charge in [0.2, 0.25) is 6.29 Å². The Kier molecular flexibility index (Phi) is 6.68. The molecule has 3 heterocycles. The standard InChI is InChI=1S/C24H28O11/c25-11-24-16-13(17(27)21(24)35-24)8-9-31-22(16)34-23-20(30)19(29)18(28)14(33-23)10-32-15(26)7-6-12-4-2-1-3-5-12/h1-9,13-14,16-23,25,27-30H,10-11H2/t13-,14-,16+,17-,18+,19-,20+,21-,22-,23-,24-/m0/s1. The summed E-state index contributed by atoms with van der Waals surface area (Å²) in [5.41, 5.74) is -0.248. The smallest absolute Gasteiger partial charge is 0.330 e. The Morgan fingerprint density at radius 1 is 1.03 bits per heavy atom. The number of benzene rings is 1. The van der Waals surface area contributed by atoms with Gasteiger partial charge in [-0.15, -0.1) is 0 Å². The lowest BCUT2D eigenvalue weighted by Crippen LogP contribution is -2.60. The molecule has 0 unspecified atom stereocenters. The van der Waals surface area contributed by atoms with E-state index >= 15 is 0 Å². The summed E-state index contributed by atoms with van der Waals surface area (Å²) >= 11 is 0. The monoisotopic (exact) mass is 492 g/mol. The number of hydrogen-bond donors (Lipinski definition) is 5. The number of esters is 1. The topological polar surface area (TPSA) is 168 Å². The lowest BCUT2D eigenvalue weighted by Gasteiger charge is -2.43. The van der Waals surface area contributed by atoms with Crippen LogP contribution >= 0.6 is 0 Å². The zero-order valence-electron chi connectivity index (χ0n) is 18.6. The Morgan fingerprint density at radius 2 is 1.80 bits per heavy atom. The molecule has 1 aliphatic carbocycles. The van der Waals surface area contributed by atoms with Crippen LogP contribution in [0.2, 0.25) is 0 Å². The van der Waals surface area contributed by atoms with Crippen LogP contribution in [-0.2, 0) is 28.5 Å². The van der Waals surface area contributed by atoms with Crippen LogP contribution in [0.15, 0.2) is 48.7 Å². The first kappa shape index (κ1) is 24.3. The second kappa shape index (κ2) is 9.60. The third-order valence-electron chi connectivity index (χ3n) is 7.05. The molecule has 1 aromatic rings. The van der Waals surface area contributed by atoms with Crippen molar-refractivity contribution in [2.24, 2.45) is 11.8 Å². The summed E-state index contributed by atoms with van der Waals surface area (Å²) in [7, 11) is 0. The summed E-state index contributed by atoms with van der Waals surface area (Å²) in [5.74, 6) is -1.70. The molecule has 0 amide bonds. The van der Waals surface area contributed by atoms with Crippen LogP contribution in [-0.4, -0.2) is 99.5 Å². The summed E-state index contributed by atoms with van der Waals surface area (Å²) in [6.07, 6.45) is -4.23. The highest BCUT2D eigenvalue weighted by Gasteiger charge is 2.75. The lowest BCUT2D eigenvalue weighted by atomic mass is 9.85. The summed E-state index contributed by atoms with van der Waals surface area (Å²) in [4.78, 5) is 12.1. The van der Waals surface area contributed by atoms with Crippen LogP contribution in [0.3, 0.4) is 0 Å². The van der Waals surface area contributed by atoms with Crippen LogP contribution in [0.1, 0.15) is 5.56 Å². The van der Waals surface area contributed by atoms with E-state index in [0.29, 0.717) is 0 Å². The molecule has 11 nitrogen and oxygen atoms in total. The van der Waals surface area contributed by atoms with E-state index in [1.54, 1.807) is 12.2 Å². The molecule has 0 aromatic heterocycles. The number of aliphatic hydroxyl groups is 5. The Hall–Kier alpha value is -2.35. The van der Waals surface area contributed by atoms with Crippen LogP contribution in [0.5, 0.6) is 0 Å². The van der Waals surface area contributed by atoms with E-state index in [2.05, 4.69) is 0 Å². The number of carbonyl (C=O) groups excluding carboxylic acids is 1. The molecule has 5 N–H and O–H groups in total. The first-order valence-electron chi connectivity index (χ1n) is 11.4. The molecule has 35 heavy (non-hydrogen) atoms. The van der Waals surface area contributed by atoms with Crippen molar-refractivity contribution in [3.05, 3.63) is 54.3 Å². The van der Waals surface area contributed by atoms with Crippen molar-refractivity contribution in [2.45, 2.75) is 54.8 Å². The predicted octanol–water partition coefficient (Wildman–Crippen LogP) is -1.33. The van der Waals surface area contributed by atoms with Gasteiger partial charge in [-0.1, -0.05) is 30.3 Å². The van der Waals surface area contributed by atoms with Gasteiger partial charge in [0, 0.05) is 12.0 Å². The highest BCUT2D eigenvalue weighted by Crippen LogP contribution is 2.59. The second-order valence-electron chi connectivity index (χ2n) is 9.10. The van der Waals surface area contributed by atoms with Crippen LogP contribution < -0.4 is 0 Å². The number of carbonyl (C=O) groups is 1. The second-order valence-corrected chi connectivity index (χ2v) is 9.10. The Morgan fingerprint density at radius 3 is 2.54 bits per heavy atom. The quantitative estimate of drug-likeness (QED) is 0.174. The summed E-state index contributed by atoms with van der Waals surface area (Å²) < 4.78 is 27.7. The van der Waals surface area contributed by atoms with E-state index in [1.807, 2.05) is 30.3 Å². The van der Waals surface area contributed by atoms with Crippen LogP contribution in [0.25, 0.3) is 6.08 Å². The van der Waals surface area contributed by atoms with Crippen molar-refractivity contribution in [1.82, 2.24) is 0 Å². The lowest BCUT2D eigenvalue weighted by molar-refractivity contribution is -0.344. The molecule has 11 atom stereocenters. The van der Waals surface area contributed by atoms with Crippen LogP contribution in [0, 0.1) is 11.8 Å². The van der Waals surface area contributed by atoms with E-state index in [0.717, 1.165) is 5.56 Å². The van der Waals surface area contributed by atoms with E-state index in [9.17, 15) is 30.3 Å². The number of rotatable bonds is 7. The van der Waals surface area contributed by atoms with E-state index in [1.165, 1.54) is 12.3 Å². The highest BCUT2D eigenvalue weighted by molar-refractivity contribution is 5.87. The average Bonchev–Trinajstić information content (AvgIpc) is 3.57. The molecule has 3 fully saturated rings. The molecule has 1 aromatic carbocycles. The van der Waals surface area contributed by atoms with E-state index < -0.39 is 79.2 Å². The molecule has 4 aliphatic rings. The maximum atomic E-state index is 12.1. The average molecular weight is 492 g/mol. The van der Waals surface area contributed by atoms with Crippen molar-refractivity contribution < 1.29 is 54.0 Å². The van der Waals surface area contributed by atoms with Crippen molar-refractivity contribution in [3.63, 3.8) is 0 Å². The van der Waals surface area contributed by atoms with Crippen molar-refractivity contribution in [1.29, 1.82) is 0 Å². The molecular weight excluding hydrogens is 464 g/mol. The van der Waals surface area contributed by atoms with Gasteiger partial charge in [0.05, 0.1) is 24.9 Å². The van der Waals surface area contributed by atoms with Gasteiger partial charge in [-0.3, -0.25) is 0 Å². The number of hydrogen-bond acceptors (Lipinski definition) is 11. The zero-order chi connectivity index (χ0) is 24.7. The number of aliphatic hydroxyl groups excluding tert-OH is 5. The van der Waals surface area contributed by atoms with Crippen LogP contribution in [0.4, 0.5) is 0 Å². The van der Waals surface area contributed by atoms with Gasteiger partial charge in [-0.05, 0) is 17.7 Å². The molecule has 3 aliphatic heterocycles. The van der Waals surface area contributed by atoms with Gasteiger partial charge in [-0.2, -0.15) is 0 Å². The molecule has 190 valence electrons. The van der Waals surface area contributed by atoms with Gasteiger partial charge in [-0.25, -0.2) is 4.79 Å². The van der Waals surface area contributed by atoms with E-state index in [4.69, 9.17) is 23.7 Å². The molecule has 0 bridgehead atoms. The SMILES string of the molecule is O=C(C=Cc1ccccc1)OC[C@@H]1O[C@@H](O[C@@H]2OC=C[C@@H]3[C@H](O)[C@@H]4O[C@@]4(CO)[C@@H]23)[C@H](O)[C@@H](O)[C@@H]1O. The van der Waals surface area contributed by atoms with Gasteiger partial charge in [0.1, 0.15) is 42.7 Å². The fourth-order valence-corrected chi connectivity index (χ4v) is 5.10. The van der Waals surface area contributed by atoms with Crippen molar-refractivity contribution >= 4 is 12.0 Å². The minimum absolute atomic E-state index is 0.364. The maximum Gasteiger partial charge on any atom is 0.330 e.